The van der Waals surface area contributed by atoms with Crippen molar-refractivity contribution in [2.24, 2.45) is 5.92 Å². The monoisotopic (exact) mass is 493 g/mol. The summed E-state index contributed by atoms with van der Waals surface area (Å²) >= 11 is 7.05. The van der Waals surface area contributed by atoms with Gasteiger partial charge in [0.25, 0.3) is 0 Å². The Labute approximate surface area is 196 Å². The lowest BCUT2D eigenvalue weighted by atomic mass is 10.0. The molecule has 1 atom stereocenters. The summed E-state index contributed by atoms with van der Waals surface area (Å²) in [5, 5.41) is 0.667. The van der Waals surface area contributed by atoms with Crippen molar-refractivity contribution in [2.75, 3.05) is 31.1 Å². The zero-order chi connectivity index (χ0) is 22.9. The number of carbonyl (C=O) groups is 1. The number of rotatable bonds is 6. The topological polar surface area (TPSA) is 95.5 Å². The van der Waals surface area contributed by atoms with Crippen LogP contribution in [0.2, 0.25) is 5.02 Å². The van der Waals surface area contributed by atoms with Gasteiger partial charge >= 0.3 is 0 Å². The molecule has 11 heteroatoms. The molecule has 170 valence electrons. The molecule has 0 saturated carbocycles. The van der Waals surface area contributed by atoms with E-state index < -0.39 is 16.1 Å². The molecule has 2 heterocycles. The highest BCUT2D eigenvalue weighted by atomic mass is 35.5. The maximum Gasteiger partial charge on any atom is 0.243 e. The van der Waals surface area contributed by atoms with E-state index in [4.69, 9.17) is 11.6 Å². The van der Waals surface area contributed by atoms with Crippen molar-refractivity contribution in [2.45, 2.75) is 24.8 Å². The number of carbonyl (C=O) groups excluding carboxylic acids is 1. The van der Waals surface area contributed by atoms with Gasteiger partial charge in [0.05, 0.1) is 11.7 Å². The van der Waals surface area contributed by atoms with Gasteiger partial charge in [-0.1, -0.05) is 37.6 Å². The van der Waals surface area contributed by atoms with Crippen LogP contribution >= 0.6 is 23.3 Å². The molecular formula is C21H24ClN5O3S2. The van der Waals surface area contributed by atoms with Gasteiger partial charge in [0.1, 0.15) is 22.0 Å². The first kappa shape index (κ1) is 22.9. The summed E-state index contributed by atoms with van der Waals surface area (Å²) < 4.78 is 37.1. The third-order valence-electron chi connectivity index (χ3n) is 5.52. The van der Waals surface area contributed by atoms with E-state index in [1.54, 1.807) is 17.0 Å². The van der Waals surface area contributed by atoms with Crippen LogP contribution in [0.25, 0.3) is 11.0 Å². The van der Waals surface area contributed by atoms with Crippen LogP contribution in [-0.4, -0.2) is 60.2 Å². The van der Waals surface area contributed by atoms with Gasteiger partial charge in [-0.25, -0.2) is 8.42 Å². The van der Waals surface area contributed by atoms with Crippen LogP contribution in [0.4, 0.5) is 5.69 Å². The van der Waals surface area contributed by atoms with E-state index in [2.05, 4.69) is 18.4 Å². The third kappa shape index (κ3) is 4.73. The van der Waals surface area contributed by atoms with Crippen LogP contribution < -0.4 is 9.62 Å². The Balaban J connectivity index is 1.48. The minimum Gasteiger partial charge on any atom is -0.368 e. The van der Waals surface area contributed by atoms with Crippen LogP contribution in [0, 0.1) is 5.92 Å². The predicted molar refractivity (Wildman–Crippen MR) is 127 cm³/mol. The summed E-state index contributed by atoms with van der Waals surface area (Å²) in [6.07, 6.45) is 0. The Morgan fingerprint density at radius 2 is 1.81 bits per heavy atom. The molecule has 1 amide bonds. The predicted octanol–water partition coefficient (Wildman–Crippen LogP) is 3.00. The normalized spacial score (nSPS) is 16.0. The van der Waals surface area contributed by atoms with E-state index in [1.807, 2.05) is 38.1 Å². The molecule has 32 heavy (non-hydrogen) atoms. The quantitative estimate of drug-likeness (QED) is 0.567. The smallest absolute Gasteiger partial charge is 0.243 e. The van der Waals surface area contributed by atoms with E-state index in [0.717, 1.165) is 17.4 Å². The minimum atomic E-state index is -3.96. The Hall–Kier alpha value is -2.27. The lowest BCUT2D eigenvalue weighted by Gasteiger charge is -2.38. The SMILES string of the molecule is CC(C)[C@H](NS(=O)(=O)c1cccc2nsnc12)C(=O)N1CCN(c2cccc(Cl)c2)CC1. The number of amides is 1. The highest BCUT2D eigenvalue weighted by molar-refractivity contribution is 7.89. The second kappa shape index (κ2) is 9.30. The summed E-state index contributed by atoms with van der Waals surface area (Å²) in [5.41, 5.74) is 1.84. The molecule has 3 aromatic rings. The molecule has 1 aromatic heterocycles. The van der Waals surface area contributed by atoms with E-state index >= 15 is 0 Å². The van der Waals surface area contributed by atoms with Crippen molar-refractivity contribution >= 4 is 56.0 Å². The molecule has 1 N–H and O–H groups in total. The molecule has 0 spiro atoms. The standard InChI is InChI=1S/C21H24ClN5O3S2/c1-14(2)19(25-32(29,30)18-8-4-7-17-20(18)24-31-23-17)21(28)27-11-9-26(10-12-27)16-6-3-5-15(22)13-16/h3-8,13-14,19,25H,9-12H2,1-2H3/t19-/m0/s1. The minimum absolute atomic E-state index is 0.0352. The molecule has 8 nitrogen and oxygen atoms in total. The third-order valence-corrected chi connectivity index (χ3v) is 7.77. The highest BCUT2D eigenvalue weighted by Gasteiger charge is 2.34. The van der Waals surface area contributed by atoms with Crippen LogP contribution in [0.15, 0.2) is 47.4 Å². The summed E-state index contributed by atoms with van der Waals surface area (Å²) in [7, 11) is -3.96. The first-order valence-corrected chi connectivity index (χ1v) is 12.9. The van der Waals surface area contributed by atoms with Gasteiger partial charge in [0, 0.05) is 36.9 Å². The molecule has 0 aliphatic carbocycles. The Kier molecular flexibility index (Phi) is 6.66. The van der Waals surface area contributed by atoms with Crippen molar-refractivity contribution in [1.29, 1.82) is 0 Å². The molecular weight excluding hydrogens is 470 g/mol. The van der Waals surface area contributed by atoms with Crippen molar-refractivity contribution in [3.63, 3.8) is 0 Å². The van der Waals surface area contributed by atoms with Gasteiger partial charge in [-0.15, -0.1) is 0 Å². The lowest BCUT2D eigenvalue weighted by Crippen LogP contribution is -2.56. The van der Waals surface area contributed by atoms with E-state index in [-0.39, 0.29) is 16.7 Å². The number of nitrogens with zero attached hydrogens (tertiary/aromatic N) is 4. The van der Waals surface area contributed by atoms with Gasteiger partial charge in [-0.2, -0.15) is 13.5 Å². The zero-order valence-electron chi connectivity index (χ0n) is 17.7. The molecule has 2 aromatic carbocycles. The fourth-order valence-corrected chi connectivity index (χ4v) is 6.04. The van der Waals surface area contributed by atoms with Gasteiger partial charge in [0.15, 0.2) is 0 Å². The number of aromatic nitrogens is 2. The van der Waals surface area contributed by atoms with Crippen molar-refractivity contribution < 1.29 is 13.2 Å². The summed E-state index contributed by atoms with van der Waals surface area (Å²) in [5.74, 6) is -0.450. The number of nitrogens with one attached hydrogen (secondary N) is 1. The Morgan fingerprint density at radius 3 is 2.50 bits per heavy atom. The van der Waals surface area contributed by atoms with Crippen LogP contribution in [0.1, 0.15) is 13.8 Å². The van der Waals surface area contributed by atoms with Gasteiger partial charge in [0.2, 0.25) is 15.9 Å². The first-order valence-electron chi connectivity index (χ1n) is 10.3. The summed E-state index contributed by atoms with van der Waals surface area (Å²) in [4.78, 5) is 17.2. The van der Waals surface area contributed by atoms with Crippen LogP contribution in [0.5, 0.6) is 0 Å². The first-order chi connectivity index (χ1) is 15.3. The fourth-order valence-electron chi connectivity index (χ4n) is 3.76. The summed E-state index contributed by atoms with van der Waals surface area (Å²) in [6, 6.07) is 11.6. The van der Waals surface area contributed by atoms with Crippen molar-refractivity contribution in [3.05, 3.63) is 47.5 Å². The van der Waals surface area contributed by atoms with Crippen LogP contribution in [-0.2, 0) is 14.8 Å². The zero-order valence-corrected chi connectivity index (χ0v) is 20.1. The molecule has 4 rings (SSSR count). The fraction of sp³-hybridized carbons (Fsp3) is 0.381. The average Bonchev–Trinajstić information content (AvgIpc) is 3.26. The molecule has 0 unspecified atom stereocenters. The van der Waals surface area contributed by atoms with Gasteiger partial charge in [-0.3, -0.25) is 4.79 Å². The number of hydrogen-bond donors (Lipinski definition) is 1. The van der Waals surface area contributed by atoms with Crippen molar-refractivity contribution in [3.8, 4) is 0 Å². The maximum absolute atomic E-state index is 13.3. The molecule has 1 saturated heterocycles. The van der Waals surface area contributed by atoms with Gasteiger partial charge < -0.3 is 9.80 Å². The molecule has 0 radical (unpaired) electrons. The average molecular weight is 494 g/mol. The van der Waals surface area contributed by atoms with Crippen LogP contribution in [0.3, 0.4) is 0 Å². The molecule has 1 fully saturated rings. The largest absolute Gasteiger partial charge is 0.368 e. The molecule has 1 aliphatic rings. The number of hydrogen-bond acceptors (Lipinski definition) is 7. The number of fused-ring (bicyclic) bond motifs is 1. The number of benzene rings is 2. The molecule has 1 aliphatic heterocycles. The lowest BCUT2D eigenvalue weighted by molar-refractivity contribution is -0.134. The number of halogens is 1. The highest BCUT2D eigenvalue weighted by Crippen LogP contribution is 2.24. The van der Waals surface area contributed by atoms with Crippen molar-refractivity contribution in [1.82, 2.24) is 18.4 Å². The number of sulfonamides is 1. The second-order valence-electron chi connectivity index (χ2n) is 8.02. The Bertz CT molecular complexity index is 1220. The second-order valence-corrected chi connectivity index (χ2v) is 10.7. The Morgan fingerprint density at radius 1 is 1.09 bits per heavy atom. The maximum atomic E-state index is 13.3. The van der Waals surface area contributed by atoms with E-state index in [1.165, 1.54) is 6.07 Å². The number of anilines is 1. The van der Waals surface area contributed by atoms with Gasteiger partial charge in [-0.05, 0) is 36.2 Å². The summed E-state index contributed by atoms with van der Waals surface area (Å²) in [6.45, 7) is 5.96. The van der Waals surface area contributed by atoms with E-state index in [9.17, 15) is 13.2 Å². The van der Waals surface area contributed by atoms with E-state index in [0.29, 0.717) is 42.2 Å². The number of piperazine rings is 1. The molecule has 0 bridgehead atoms.